The van der Waals surface area contributed by atoms with Gasteiger partial charge >= 0.3 is 0 Å². The topological polar surface area (TPSA) is 56.5 Å². The van der Waals surface area contributed by atoms with Gasteiger partial charge in [-0.25, -0.2) is 9.82 Å². The van der Waals surface area contributed by atoms with Crippen LogP contribution >= 0.6 is 15.9 Å². The Kier molecular flexibility index (Phi) is 5.17. The number of hydrogen-bond acceptors (Lipinski definition) is 4. The van der Waals surface area contributed by atoms with Crippen molar-refractivity contribution in [3.05, 3.63) is 57.8 Å². The van der Waals surface area contributed by atoms with Gasteiger partial charge in [0.1, 0.15) is 17.3 Å². The maximum Gasteiger partial charge on any atom is 0.142 e. The summed E-state index contributed by atoms with van der Waals surface area (Å²) in [5, 5.41) is 0. The molecule has 0 heterocycles. The Balaban J connectivity index is 2.64. The molecule has 0 spiro atoms. The molecular weight excluding hydrogens is 339 g/mol. The first-order chi connectivity index (χ1) is 10.1. The summed E-state index contributed by atoms with van der Waals surface area (Å²) in [4.78, 5) is 0. The van der Waals surface area contributed by atoms with Crippen molar-refractivity contribution in [1.29, 1.82) is 0 Å². The van der Waals surface area contributed by atoms with Crippen molar-refractivity contribution < 1.29 is 13.9 Å². The fourth-order valence-corrected chi connectivity index (χ4v) is 2.62. The Bertz CT molecular complexity index is 615. The molecule has 0 saturated heterocycles. The van der Waals surface area contributed by atoms with Gasteiger partial charge in [-0.3, -0.25) is 5.84 Å². The molecule has 0 radical (unpaired) electrons. The summed E-state index contributed by atoms with van der Waals surface area (Å²) >= 11 is 3.18. The van der Waals surface area contributed by atoms with Crippen molar-refractivity contribution in [3.8, 4) is 11.5 Å². The van der Waals surface area contributed by atoms with Crippen molar-refractivity contribution in [2.24, 2.45) is 5.84 Å². The Morgan fingerprint density at radius 2 is 1.67 bits per heavy atom. The normalized spacial score (nSPS) is 12.0. The second-order valence-corrected chi connectivity index (χ2v) is 5.17. The first-order valence-electron chi connectivity index (χ1n) is 6.25. The second-order valence-electron chi connectivity index (χ2n) is 4.32. The molecule has 0 amide bonds. The highest BCUT2D eigenvalue weighted by atomic mass is 79.9. The summed E-state index contributed by atoms with van der Waals surface area (Å²) in [6, 6.07) is 9.79. The van der Waals surface area contributed by atoms with E-state index in [2.05, 4.69) is 21.4 Å². The van der Waals surface area contributed by atoms with E-state index < -0.39 is 6.04 Å². The van der Waals surface area contributed by atoms with Crippen LogP contribution in [0.15, 0.2) is 40.9 Å². The number of rotatable bonds is 5. The van der Waals surface area contributed by atoms with Gasteiger partial charge in [-0.05, 0) is 34.1 Å². The van der Waals surface area contributed by atoms with Gasteiger partial charge in [0, 0.05) is 5.56 Å². The minimum absolute atomic E-state index is 0.370. The van der Waals surface area contributed by atoms with Crippen molar-refractivity contribution in [2.45, 2.75) is 6.04 Å². The van der Waals surface area contributed by atoms with Crippen LogP contribution in [-0.4, -0.2) is 14.2 Å². The van der Waals surface area contributed by atoms with Gasteiger partial charge < -0.3 is 9.47 Å². The second kappa shape index (κ2) is 6.89. The number of ether oxygens (including phenoxy) is 2. The van der Waals surface area contributed by atoms with Crippen LogP contribution in [0.2, 0.25) is 0 Å². The average molecular weight is 355 g/mol. The maximum absolute atomic E-state index is 14.4. The molecule has 4 nitrogen and oxygen atoms in total. The molecule has 1 unspecified atom stereocenters. The number of methoxy groups -OCH3 is 2. The third-order valence-electron chi connectivity index (χ3n) is 3.21. The molecule has 0 aromatic heterocycles. The van der Waals surface area contributed by atoms with E-state index in [9.17, 15) is 4.39 Å². The van der Waals surface area contributed by atoms with Gasteiger partial charge in [-0.2, -0.15) is 0 Å². The van der Waals surface area contributed by atoms with Crippen molar-refractivity contribution in [1.82, 2.24) is 5.43 Å². The van der Waals surface area contributed by atoms with Gasteiger partial charge in [0.15, 0.2) is 0 Å². The predicted molar refractivity (Wildman–Crippen MR) is 82.8 cm³/mol. The minimum Gasteiger partial charge on any atom is -0.496 e. The lowest BCUT2D eigenvalue weighted by Crippen LogP contribution is -2.30. The van der Waals surface area contributed by atoms with E-state index >= 15 is 0 Å². The van der Waals surface area contributed by atoms with E-state index in [4.69, 9.17) is 15.3 Å². The molecule has 112 valence electrons. The van der Waals surface area contributed by atoms with Crippen LogP contribution in [0.5, 0.6) is 11.5 Å². The summed E-state index contributed by atoms with van der Waals surface area (Å²) in [5.41, 5.74) is 3.67. The summed E-state index contributed by atoms with van der Waals surface area (Å²) in [6.07, 6.45) is 0. The smallest absolute Gasteiger partial charge is 0.142 e. The number of benzene rings is 2. The Hall–Kier alpha value is -1.63. The summed E-state index contributed by atoms with van der Waals surface area (Å²) < 4.78 is 25.4. The molecule has 0 fully saturated rings. The third kappa shape index (κ3) is 3.02. The maximum atomic E-state index is 14.4. The molecule has 2 rings (SSSR count). The van der Waals surface area contributed by atoms with Gasteiger partial charge in [-0.1, -0.05) is 18.2 Å². The molecule has 2 aromatic rings. The molecule has 2 aromatic carbocycles. The molecule has 3 N–H and O–H groups in total. The van der Waals surface area contributed by atoms with Gasteiger partial charge in [0.05, 0.1) is 30.3 Å². The highest BCUT2D eigenvalue weighted by Gasteiger charge is 2.24. The first-order valence-corrected chi connectivity index (χ1v) is 7.04. The predicted octanol–water partition coefficient (Wildman–Crippen LogP) is 3.16. The number of hydrogen-bond donors (Lipinski definition) is 2. The van der Waals surface area contributed by atoms with E-state index in [1.165, 1.54) is 0 Å². The van der Waals surface area contributed by atoms with Crippen LogP contribution in [0.3, 0.4) is 0 Å². The molecule has 0 bridgehead atoms. The van der Waals surface area contributed by atoms with E-state index in [0.717, 1.165) is 0 Å². The van der Waals surface area contributed by atoms with Crippen molar-refractivity contribution in [3.63, 3.8) is 0 Å². The third-order valence-corrected chi connectivity index (χ3v) is 3.83. The molecular formula is C15H16BrFN2O2. The van der Waals surface area contributed by atoms with E-state index in [0.29, 0.717) is 27.1 Å². The Morgan fingerprint density at radius 3 is 2.19 bits per heavy atom. The van der Waals surface area contributed by atoms with Crippen molar-refractivity contribution in [2.75, 3.05) is 14.2 Å². The van der Waals surface area contributed by atoms with Crippen LogP contribution in [0.25, 0.3) is 0 Å². The lowest BCUT2D eigenvalue weighted by atomic mass is 9.97. The largest absolute Gasteiger partial charge is 0.496 e. The van der Waals surface area contributed by atoms with E-state index in [1.807, 2.05) is 0 Å². The van der Waals surface area contributed by atoms with Crippen molar-refractivity contribution >= 4 is 15.9 Å². The molecule has 21 heavy (non-hydrogen) atoms. The average Bonchev–Trinajstić information content (AvgIpc) is 2.52. The van der Waals surface area contributed by atoms with Crippen LogP contribution in [-0.2, 0) is 0 Å². The van der Waals surface area contributed by atoms with Crippen LogP contribution < -0.4 is 20.7 Å². The molecule has 0 aliphatic rings. The highest BCUT2D eigenvalue weighted by molar-refractivity contribution is 9.10. The monoisotopic (exact) mass is 354 g/mol. The standard InChI is InChI=1S/C15H16BrFN2O2/c1-20-11-7-4-8-12(21-2)13(11)15(19-18)9-5-3-6-10(16)14(9)17/h3-8,15,19H,18H2,1-2H3. The fraction of sp³-hybridized carbons (Fsp3) is 0.200. The quantitative estimate of drug-likeness (QED) is 0.639. The molecule has 0 aliphatic carbocycles. The zero-order chi connectivity index (χ0) is 15.4. The SMILES string of the molecule is COc1cccc(OC)c1C(NN)c1cccc(Br)c1F. The fourth-order valence-electron chi connectivity index (χ4n) is 2.24. The minimum atomic E-state index is -0.603. The summed E-state index contributed by atoms with van der Waals surface area (Å²) in [6.45, 7) is 0. The lowest BCUT2D eigenvalue weighted by Gasteiger charge is -2.22. The Morgan fingerprint density at radius 1 is 1.10 bits per heavy atom. The van der Waals surface area contributed by atoms with Crippen LogP contribution in [0, 0.1) is 5.82 Å². The molecule has 0 aliphatic heterocycles. The van der Waals surface area contributed by atoms with Crippen LogP contribution in [0.4, 0.5) is 4.39 Å². The van der Waals surface area contributed by atoms with Gasteiger partial charge in [0.2, 0.25) is 0 Å². The zero-order valence-corrected chi connectivity index (χ0v) is 13.3. The first kappa shape index (κ1) is 15.8. The number of halogens is 2. The van der Waals surface area contributed by atoms with Gasteiger partial charge in [0.25, 0.3) is 0 Å². The molecule has 1 atom stereocenters. The lowest BCUT2D eigenvalue weighted by molar-refractivity contribution is 0.376. The highest BCUT2D eigenvalue weighted by Crippen LogP contribution is 2.38. The van der Waals surface area contributed by atoms with Gasteiger partial charge in [-0.15, -0.1) is 0 Å². The summed E-state index contributed by atoms with van der Waals surface area (Å²) in [7, 11) is 3.09. The number of hydrazine groups is 1. The Labute approximate surface area is 131 Å². The molecule has 6 heteroatoms. The summed E-state index contributed by atoms with van der Waals surface area (Å²) in [5.74, 6) is 6.41. The van der Waals surface area contributed by atoms with E-state index in [-0.39, 0.29) is 5.82 Å². The van der Waals surface area contributed by atoms with E-state index in [1.54, 1.807) is 50.6 Å². The molecule has 0 saturated carbocycles. The van der Waals surface area contributed by atoms with Crippen LogP contribution in [0.1, 0.15) is 17.2 Å². The zero-order valence-electron chi connectivity index (χ0n) is 11.7. The number of nitrogens with two attached hydrogens (primary N) is 1. The number of nitrogens with one attached hydrogen (secondary N) is 1.